The van der Waals surface area contributed by atoms with Gasteiger partial charge in [-0.2, -0.15) is 0 Å². The fourth-order valence-electron chi connectivity index (χ4n) is 1.76. The van der Waals surface area contributed by atoms with Crippen molar-refractivity contribution in [1.29, 1.82) is 0 Å². The van der Waals surface area contributed by atoms with Crippen LogP contribution in [0.15, 0.2) is 22.7 Å². The first-order valence-electron chi connectivity index (χ1n) is 5.29. The van der Waals surface area contributed by atoms with Crippen molar-refractivity contribution in [3.05, 3.63) is 28.2 Å². The highest BCUT2D eigenvalue weighted by atomic mass is 79.9. The third-order valence-corrected chi connectivity index (χ3v) is 2.73. The molecule has 0 spiro atoms. The number of anilines is 1. The summed E-state index contributed by atoms with van der Waals surface area (Å²) >= 11 is 3.37. The molecule has 0 heterocycles. The highest BCUT2D eigenvalue weighted by molar-refractivity contribution is 9.10. The van der Waals surface area contributed by atoms with Crippen LogP contribution in [0.5, 0.6) is 0 Å². The van der Waals surface area contributed by atoms with Gasteiger partial charge in [0.05, 0.1) is 0 Å². The number of aldehydes is 1. The topological polar surface area (TPSA) is 20.3 Å². The molecule has 1 aromatic rings. The van der Waals surface area contributed by atoms with E-state index in [1.54, 1.807) is 0 Å². The molecule has 0 N–H and O–H groups in total. The zero-order chi connectivity index (χ0) is 12.3. The van der Waals surface area contributed by atoms with Crippen molar-refractivity contribution in [2.75, 3.05) is 18.5 Å². The molecule has 3 heteroatoms. The van der Waals surface area contributed by atoms with E-state index in [4.69, 9.17) is 0 Å². The minimum atomic E-state index is 0.210. The Labute approximate surface area is 106 Å². The van der Waals surface area contributed by atoms with Crippen molar-refractivity contribution < 1.29 is 4.79 Å². The van der Waals surface area contributed by atoms with Crippen LogP contribution in [0, 0.1) is 5.41 Å². The van der Waals surface area contributed by atoms with Crippen LogP contribution >= 0.6 is 15.9 Å². The van der Waals surface area contributed by atoms with E-state index in [0.29, 0.717) is 0 Å². The SMILES string of the molecule is CN(CC(C)(C)C)c1ccc(Br)cc1C=O. The lowest BCUT2D eigenvalue weighted by Crippen LogP contribution is -2.29. The summed E-state index contributed by atoms with van der Waals surface area (Å²) in [7, 11) is 2.02. The van der Waals surface area contributed by atoms with Gasteiger partial charge >= 0.3 is 0 Å². The Kier molecular flexibility index (Phi) is 4.14. The molecule has 0 aliphatic carbocycles. The first-order valence-corrected chi connectivity index (χ1v) is 6.08. The number of rotatable bonds is 3. The normalized spacial score (nSPS) is 11.3. The predicted molar refractivity (Wildman–Crippen MR) is 72.3 cm³/mol. The van der Waals surface area contributed by atoms with Crippen molar-refractivity contribution in [3.8, 4) is 0 Å². The van der Waals surface area contributed by atoms with Crippen LogP contribution in [0.4, 0.5) is 5.69 Å². The minimum Gasteiger partial charge on any atom is -0.373 e. The molecular weight excluding hydrogens is 266 g/mol. The van der Waals surface area contributed by atoms with Gasteiger partial charge < -0.3 is 4.90 Å². The van der Waals surface area contributed by atoms with Crippen LogP contribution < -0.4 is 4.90 Å². The van der Waals surface area contributed by atoms with Gasteiger partial charge in [-0.05, 0) is 23.6 Å². The maximum Gasteiger partial charge on any atom is 0.152 e. The fraction of sp³-hybridized carbons (Fsp3) is 0.462. The van der Waals surface area contributed by atoms with E-state index in [1.165, 1.54) is 0 Å². The fourth-order valence-corrected chi connectivity index (χ4v) is 2.14. The van der Waals surface area contributed by atoms with Crippen LogP contribution in [0.2, 0.25) is 0 Å². The smallest absolute Gasteiger partial charge is 0.152 e. The van der Waals surface area contributed by atoms with Gasteiger partial charge in [-0.25, -0.2) is 0 Å². The van der Waals surface area contributed by atoms with E-state index < -0.39 is 0 Å². The van der Waals surface area contributed by atoms with Crippen molar-refractivity contribution >= 4 is 27.9 Å². The van der Waals surface area contributed by atoms with Gasteiger partial charge in [-0.1, -0.05) is 36.7 Å². The molecule has 0 radical (unpaired) electrons. The summed E-state index contributed by atoms with van der Waals surface area (Å²) < 4.78 is 0.933. The number of carbonyl (C=O) groups excluding carboxylic acids is 1. The maximum atomic E-state index is 11.0. The van der Waals surface area contributed by atoms with Gasteiger partial charge in [-0.3, -0.25) is 4.79 Å². The third kappa shape index (κ3) is 3.63. The zero-order valence-electron chi connectivity index (χ0n) is 10.2. The highest BCUT2D eigenvalue weighted by Crippen LogP contribution is 2.25. The molecule has 1 rings (SSSR count). The molecule has 0 fully saturated rings. The summed E-state index contributed by atoms with van der Waals surface area (Å²) in [4.78, 5) is 13.1. The zero-order valence-corrected chi connectivity index (χ0v) is 11.8. The number of carbonyl (C=O) groups is 1. The van der Waals surface area contributed by atoms with Gasteiger partial charge in [0.15, 0.2) is 6.29 Å². The molecule has 0 atom stereocenters. The van der Waals surface area contributed by atoms with Gasteiger partial charge in [0, 0.05) is 29.3 Å². The Balaban J connectivity index is 2.99. The Morgan fingerprint density at radius 1 is 1.38 bits per heavy atom. The third-order valence-electron chi connectivity index (χ3n) is 2.24. The van der Waals surface area contributed by atoms with Gasteiger partial charge in [0.1, 0.15) is 0 Å². The number of hydrogen-bond acceptors (Lipinski definition) is 2. The van der Waals surface area contributed by atoms with Gasteiger partial charge in [0.25, 0.3) is 0 Å². The molecule has 0 amide bonds. The molecule has 0 saturated carbocycles. The lowest BCUT2D eigenvalue weighted by molar-refractivity contribution is 0.112. The Hall–Kier alpha value is -0.830. The predicted octanol–water partition coefficient (Wildman–Crippen LogP) is 3.74. The van der Waals surface area contributed by atoms with Crippen molar-refractivity contribution in [2.45, 2.75) is 20.8 Å². The molecule has 2 nitrogen and oxygen atoms in total. The molecule has 0 saturated heterocycles. The quantitative estimate of drug-likeness (QED) is 0.788. The van der Waals surface area contributed by atoms with Crippen molar-refractivity contribution in [2.24, 2.45) is 5.41 Å². The van der Waals surface area contributed by atoms with Gasteiger partial charge in [-0.15, -0.1) is 0 Å². The van der Waals surface area contributed by atoms with Gasteiger partial charge in [0.2, 0.25) is 0 Å². The van der Waals surface area contributed by atoms with Crippen molar-refractivity contribution in [3.63, 3.8) is 0 Å². The second-order valence-electron chi connectivity index (χ2n) is 5.24. The molecule has 0 bridgehead atoms. The van der Waals surface area contributed by atoms with E-state index >= 15 is 0 Å². The molecule has 16 heavy (non-hydrogen) atoms. The second kappa shape index (κ2) is 5.00. The first kappa shape index (κ1) is 13.2. The lowest BCUT2D eigenvalue weighted by Gasteiger charge is -2.29. The molecule has 88 valence electrons. The number of hydrogen-bond donors (Lipinski definition) is 0. The molecule has 1 aromatic carbocycles. The van der Waals surface area contributed by atoms with Crippen LogP contribution in [-0.4, -0.2) is 19.9 Å². The number of halogens is 1. The largest absolute Gasteiger partial charge is 0.373 e. The Morgan fingerprint density at radius 2 is 2.00 bits per heavy atom. The Morgan fingerprint density at radius 3 is 2.50 bits per heavy atom. The maximum absolute atomic E-state index is 11.0. The molecular formula is C13H18BrNO. The van der Waals surface area contributed by atoms with E-state index in [2.05, 4.69) is 41.6 Å². The second-order valence-corrected chi connectivity index (χ2v) is 6.15. The summed E-state index contributed by atoms with van der Waals surface area (Å²) in [6, 6.07) is 5.78. The molecule has 0 aliphatic rings. The van der Waals surface area contributed by atoms with Crippen LogP contribution in [0.1, 0.15) is 31.1 Å². The van der Waals surface area contributed by atoms with Crippen molar-refractivity contribution in [1.82, 2.24) is 0 Å². The van der Waals surface area contributed by atoms with Crippen LogP contribution in [0.25, 0.3) is 0 Å². The average Bonchev–Trinajstić information content (AvgIpc) is 2.14. The van der Waals surface area contributed by atoms with Crippen LogP contribution in [0.3, 0.4) is 0 Å². The summed E-state index contributed by atoms with van der Waals surface area (Å²) in [5.41, 5.74) is 1.91. The van der Waals surface area contributed by atoms with E-state index in [1.807, 2.05) is 25.2 Å². The summed E-state index contributed by atoms with van der Waals surface area (Å²) in [6.07, 6.45) is 0.902. The van der Waals surface area contributed by atoms with E-state index in [9.17, 15) is 4.79 Å². The van der Waals surface area contributed by atoms with E-state index in [-0.39, 0.29) is 5.41 Å². The molecule has 0 aromatic heterocycles. The minimum absolute atomic E-state index is 0.210. The molecule has 0 unspecified atom stereocenters. The first-order chi connectivity index (χ1) is 7.33. The monoisotopic (exact) mass is 283 g/mol. The number of nitrogens with zero attached hydrogens (tertiary/aromatic N) is 1. The van der Waals surface area contributed by atoms with E-state index in [0.717, 1.165) is 28.6 Å². The standard InChI is InChI=1S/C13H18BrNO/c1-13(2,3)9-15(4)12-6-5-11(14)7-10(12)8-16/h5-8H,9H2,1-4H3. The lowest BCUT2D eigenvalue weighted by atomic mass is 9.96. The summed E-state index contributed by atoms with van der Waals surface area (Å²) in [5.74, 6) is 0. The van der Waals surface area contributed by atoms with Crippen LogP contribution in [-0.2, 0) is 0 Å². The summed E-state index contributed by atoms with van der Waals surface area (Å²) in [5, 5.41) is 0. The summed E-state index contributed by atoms with van der Waals surface area (Å²) in [6.45, 7) is 7.46. The number of benzene rings is 1. The Bertz CT molecular complexity index is 382. The highest BCUT2D eigenvalue weighted by Gasteiger charge is 2.15. The average molecular weight is 284 g/mol. The molecule has 0 aliphatic heterocycles.